The third-order valence-corrected chi connectivity index (χ3v) is 19.2. The number of fused-ring (bicyclic) bond motifs is 14. The van der Waals surface area contributed by atoms with Gasteiger partial charge in [0, 0.05) is 64.9 Å². The predicted molar refractivity (Wildman–Crippen MR) is 319 cm³/mol. The SMILES string of the molecule is CC(C)(C)c1ccc(N2c3cc4c(oc5ccccc54)c4c3B(c3sc5ccc(C(C)(C)C)cc5c32)N(c2ccc(-c3ccccc3)cc2)c2cc3c(cc2-4)-c2cc4c(cc2C3(C)C)C(C)(C)CCC4(C)C)cc1. The van der Waals surface area contributed by atoms with Crippen LogP contribution in [0.3, 0.4) is 0 Å². The monoisotopic (exact) mass is 980 g/mol. The Labute approximate surface area is 442 Å². The molecule has 0 unspecified atom stereocenters. The summed E-state index contributed by atoms with van der Waals surface area (Å²) < 4.78 is 9.94. The number of para-hydroxylation sites is 1. The third-order valence-electron chi connectivity index (χ3n) is 18.0. The van der Waals surface area contributed by atoms with Crippen molar-refractivity contribution in [2.24, 2.45) is 0 Å². The van der Waals surface area contributed by atoms with E-state index in [1.165, 1.54) is 123 Å². The summed E-state index contributed by atoms with van der Waals surface area (Å²) in [6.45, 7) is 28.6. The van der Waals surface area contributed by atoms with Crippen molar-refractivity contribution < 1.29 is 4.42 Å². The highest BCUT2D eigenvalue weighted by Gasteiger charge is 2.50. The largest absolute Gasteiger partial charge is 0.455 e. The van der Waals surface area contributed by atoms with Gasteiger partial charge in [0.05, 0.1) is 5.69 Å². The molecule has 0 spiro atoms. The highest BCUT2D eigenvalue weighted by molar-refractivity contribution is 7.32. The molecule has 4 aliphatic rings. The van der Waals surface area contributed by atoms with Crippen LogP contribution >= 0.6 is 11.3 Å². The summed E-state index contributed by atoms with van der Waals surface area (Å²) in [4.78, 5) is 5.35. The molecule has 3 nitrogen and oxygen atoms in total. The third kappa shape index (κ3) is 6.44. The van der Waals surface area contributed by atoms with Gasteiger partial charge < -0.3 is 14.1 Å². The molecule has 14 rings (SSSR count). The first-order chi connectivity index (χ1) is 35.2. The summed E-state index contributed by atoms with van der Waals surface area (Å²) in [5.74, 6) is 0. The van der Waals surface area contributed by atoms with Gasteiger partial charge in [-0.1, -0.05) is 168 Å². The lowest BCUT2D eigenvalue weighted by molar-refractivity contribution is 0.331. The molecule has 10 aromatic rings. The lowest BCUT2D eigenvalue weighted by Gasteiger charge is -2.45. The minimum atomic E-state index is -0.235. The normalized spacial score (nSPS) is 16.8. The second kappa shape index (κ2) is 15.2. The Hall–Kier alpha value is -6.82. The van der Waals surface area contributed by atoms with E-state index < -0.39 is 0 Å². The van der Waals surface area contributed by atoms with E-state index in [4.69, 9.17) is 4.42 Å². The molecule has 0 radical (unpaired) electrons. The van der Waals surface area contributed by atoms with Crippen molar-refractivity contribution >= 4 is 88.9 Å². The van der Waals surface area contributed by atoms with Gasteiger partial charge in [0.25, 0.3) is 0 Å². The number of hydrogen-bond donors (Lipinski definition) is 0. The lowest BCUT2D eigenvalue weighted by Crippen LogP contribution is -2.60. The van der Waals surface area contributed by atoms with Crippen molar-refractivity contribution in [1.29, 1.82) is 0 Å². The van der Waals surface area contributed by atoms with Crippen LogP contribution in [0.1, 0.15) is 129 Å². The van der Waals surface area contributed by atoms with Crippen LogP contribution in [0.2, 0.25) is 0 Å². The fourth-order valence-electron chi connectivity index (χ4n) is 13.6. The first kappa shape index (κ1) is 45.8. The Bertz CT molecular complexity index is 4000. The molecule has 0 atom stereocenters. The molecule has 4 heterocycles. The van der Waals surface area contributed by atoms with E-state index in [0.29, 0.717) is 0 Å². The van der Waals surface area contributed by atoms with Crippen LogP contribution in [0.5, 0.6) is 0 Å². The zero-order valence-corrected chi connectivity index (χ0v) is 46.0. The van der Waals surface area contributed by atoms with E-state index in [1.807, 2.05) is 11.3 Å². The Morgan fingerprint density at radius 3 is 1.82 bits per heavy atom. The van der Waals surface area contributed by atoms with E-state index >= 15 is 0 Å². The van der Waals surface area contributed by atoms with Crippen molar-refractivity contribution in [3.63, 3.8) is 0 Å². The van der Waals surface area contributed by atoms with E-state index in [-0.39, 0.29) is 33.9 Å². The van der Waals surface area contributed by atoms with Crippen LogP contribution < -0.4 is 20.0 Å². The smallest absolute Gasteiger partial charge is 0.343 e. The zero-order chi connectivity index (χ0) is 51.2. The van der Waals surface area contributed by atoms with Crippen LogP contribution in [0.4, 0.5) is 28.4 Å². The van der Waals surface area contributed by atoms with Crippen molar-refractivity contribution in [1.82, 2.24) is 0 Å². The molecule has 0 N–H and O–H groups in total. The zero-order valence-electron chi connectivity index (χ0n) is 45.1. The molecule has 2 aliphatic carbocycles. The molecular formula is C69H65BN2OS. The standard InChI is InChI=1S/C69H65BN2OS/c1-65(2,3)42-24-29-44(30-25-42)71-57-37-49-46-20-16-17-21-58(46)73-63(49)60-50-35-47-48-36-54-55(68(9,10)33-32-67(54,7)8)38-52(48)69(11,12)53(47)39-56(50)72(45-27-22-41(23-28-45)40-18-14-13-15-19-40)70(61(57)60)64-62(71)51-34-43(66(4,5)6)26-31-59(51)74-64/h13-31,34-39H,32-33H2,1-12H3. The van der Waals surface area contributed by atoms with Crippen LogP contribution in [-0.2, 0) is 27.1 Å². The molecule has 0 bridgehead atoms. The summed E-state index contributed by atoms with van der Waals surface area (Å²) in [6.07, 6.45) is 2.37. The maximum atomic E-state index is 7.30. The van der Waals surface area contributed by atoms with E-state index in [2.05, 4.69) is 244 Å². The van der Waals surface area contributed by atoms with Crippen molar-refractivity contribution in [3.05, 3.63) is 185 Å². The number of furan rings is 1. The first-order valence-corrected chi connectivity index (χ1v) is 27.8. The maximum absolute atomic E-state index is 7.30. The van der Waals surface area contributed by atoms with Gasteiger partial charge in [0.2, 0.25) is 0 Å². The van der Waals surface area contributed by atoms with E-state index in [0.717, 1.165) is 27.6 Å². The molecule has 0 saturated heterocycles. The average Bonchev–Trinajstić information content (AvgIpc) is 4.02. The van der Waals surface area contributed by atoms with Crippen LogP contribution in [0.15, 0.2) is 156 Å². The molecule has 2 aromatic heterocycles. The quantitative estimate of drug-likeness (QED) is 0.165. The van der Waals surface area contributed by atoms with Crippen molar-refractivity contribution in [2.75, 3.05) is 9.71 Å². The van der Waals surface area contributed by atoms with Gasteiger partial charge in [-0.15, -0.1) is 11.3 Å². The molecule has 2 aliphatic heterocycles. The number of anilines is 5. The maximum Gasteiger partial charge on any atom is 0.343 e. The minimum Gasteiger partial charge on any atom is -0.455 e. The Morgan fingerprint density at radius 1 is 0.514 bits per heavy atom. The van der Waals surface area contributed by atoms with Gasteiger partial charge in [-0.25, -0.2) is 0 Å². The molecule has 0 fully saturated rings. The molecule has 0 saturated carbocycles. The summed E-state index contributed by atoms with van der Waals surface area (Å²) >= 11 is 1.96. The number of nitrogens with zero attached hydrogens (tertiary/aromatic N) is 2. The summed E-state index contributed by atoms with van der Waals surface area (Å²) in [5, 5.41) is 3.59. The topological polar surface area (TPSA) is 19.6 Å². The average molecular weight is 981 g/mol. The minimum absolute atomic E-state index is 0.0140. The molecule has 8 aromatic carbocycles. The fraction of sp³-hybridized carbons (Fsp3) is 0.275. The summed E-state index contributed by atoms with van der Waals surface area (Å²) in [7, 11) is 0. The number of rotatable bonds is 3. The van der Waals surface area contributed by atoms with Crippen molar-refractivity contribution in [3.8, 4) is 33.4 Å². The van der Waals surface area contributed by atoms with Gasteiger partial charge in [-0.05, 0) is 162 Å². The Morgan fingerprint density at radius 2 is 1.12 bits per heavy atom. The van der Waals surface area contributed by atoms with Gasteiger partial charge >= 0.3 is 6.85 Å². The highest BCUT2D eigenvalue weighted by Crippen LogP contribution is 2.59. The van der Waals surface area contributed by atoms with E-state index in [9.17, 15) is 0 Å². The molecule has 0 amide bonds. The van der Waals surface area contributed by atoms with Gasteiger partial charge in [-0.3, -0.25) is 0 Å². The number of thiophene rings is 1. The highest BCUT2D eigenvalue weighted by atomic mass is 32.1. The Kier molecular flexibility index (Phi) is 9.38. The summed E-state index contributed by atoms with van der Waals surface area (Å²) in [5.41, 5.74) is 25.2. The van der Waals surface area contributed by atoms with Crippen LogP contribution in [-0.4, -0.2) is 6.85 Å². The van der Waals surface area contributed by atoms with Crippen molar-refractivity contribution in [2.45, 2.75) is 123 Å². The molecule has 366 valence electrons. The van der Waals surface area contributed by atoms with Gasteiger partial charge in [0.15, 0.2) is 0 Å². The second-order valence-corrected chi connectivity index (χ2v) is 27.1. The van der Waals surface area contributed by atoms with Crippen LogP contribution in [0, 0.1) is 0 Å². The summed E-state index contributed by atoms with van der Waals surface area (Å²) in [6, 6.07) is 58.6. The Balaban J connectivity index is 1.13. The first-order valence-electron chi connectivity index (χ1n) is 27.0. The predicted octanol–water partition coefficient (Wildman–Crippen LogP) is 18.4. The van der Waals surface area contributed by atoms with Crippen LogP contribution in [0.25, 0.3) is 65.4 Å². The van der Waals surface area contributed by atoms with E-state index in [1.54, 1.807) is 0 Å². The molecule has 5 heteroatoms. The second-order valence-electron chi connectivity index (χ2n) is 26.0. The molecule has 74 heavy (non-hydrogen) atoms. The molecular weight excluding hydrogens is 916 g/mol. The van der Waals surface area contributed by atoms with Gasteiger partial charge in [-0.2, -0.15) is 0 Å². The fourth-order valence-corrected chi connectivity index (χ4v) is 14.8. The number of benzene rings is 8. The van der Waals surface area contributed by atoms with Gasteiger partial charge in [0.1, 0.15) is 11.2 Å². The lowest BCUT2D eigenvalue weighted by atomic mass is 9.46. The number of hydrogen-bond acceptors (Lipinski definition) is 4.